The predicted octanol–water partition coefficient (Wildman–Crippen LogP) is 1.51. The van der Waals surface area contributed by atoms with Crippen molar-refractivity contribution in [1.82, 2.24) is 0 Å². The molecule has 0 fully saturated rings. The number of hydrogen-bond donors (Lipinski definition) is 1. The summed E-state index contributed by atoms with van der Waals surface area (Å²) in [5.41, 5.74) is 0. The molecule has 0 radical (unpaired) electrons. The van der Waals surface area contributed by atoms with Gasteiger partial charge < -0.3 is 10.0 Å². The van der Waals surface area contributed by atoms with Crippen molar-refractivity contribution in [2.75, 3.05) is 19.0 Å². The van der Waals surface area contributed by atoms with E-state index in [-0.39, 0.29) is 0 Å². The van der Waals surface area contributed by atoms with Crippen LogP contribution in [0.15, 0.2) is 12.1 Å². The first-order chi connectivity index (χ1) is 5.11. The first-order valence-corrected chi connectivity index (χ1v) is 3.93. The van der Waals surface area contributed by atoms with Gasteiger partial charge in [-0.2, -0.15) is 0 Å². The van der Waals surface area contributed by atoms with Crippen LogP contribution in [-0.4, -0.2) is 25.2 Å². The van der Waals surface area contributed by atoms with Gasteiger partial charge in [0.15, 0.2) is 0 Å². The molecule has 0 aliphatic carbocycles. The lowest BCUT2D eigenvalue weighted by molar-refractivity contribution is 0.0702. The zero-order valence-corrected chi connectivity index (χ0v) is 7.18. The van der Waals surface area contributed by atoms with Crippen molar-refractivity contribution in [1.29, 1.82) is 0 Å². The molecule has 3 nitrogen and oxygen atoms in total. The van der Waals surface area contributed by atoms with Gasteiger partial charge in [-0.3, -0.25) is 0 Å². The van der Waals surface area contributed by atoms with Gasteiger partial charge in [0.25, 0.3) is 0 Å². The SMILES string of the molecule is CN(C)c1ccc(C(=O)O)s1. The Kier molecular flexibility index (Phi) is 2.14. The van der Waals surface area contributed by atoms with Crippen LogP contribution in [0.1, 0.15) is 9.67 Å². The molecule has 1 aromatic heterocycles. The standard InChI is InChI=1S/C7H9NO2S/c1-8(2)6-4-3-5(11-6)7(9)10/h3-4H,1-2H3,(H,9,10). The van der Waals surface area contributed by atoms with Crippen LogP contribution in [0.2, 0.25) is 0 Å². The van der Waals surface area contributed by atoms with Gasteiger partial charge in [0.05, 0.1) is 5.00 Å². The molecule has 0 spiro atoms. The zero-order valence-electron chi connectivity index (χ0n) is 6.37. The van der Waals surface area contributed by atoms with Crippen LogP contribution in [0.4, 0.5) is 5.00 Å². The average molecular weight is 171 g/mol. The van der Waals surface area contributed by atoms with E-state index in [0.717, 1.165) is 5.00 Å². The molecule has 1 heterocycles. The van der Waals surface area contributed by atoms with Crippen molar-refractivity contribution in [3.05, 3.63) is 17.0 Å². The molecule has 60 valence electrons. The monoisotopic (exact) mass is 171 g/mol. The van der Waals surface area contributed by atoms with Crippen molar-refractivity contribution < 1.29 is 9.90 Å². The van der Waals surface area contributed by atoms with Crippen LogP contribution in [-0.2, 0) is 0 Å². The minimum Gasteiger partial charge on any atom is -0.477 e. The van der Waals surface area contributed by atoms with Gasteiger partial charge in [0.2, 0.25) is 0 Å². The number of carboxylic acids is 1. The van der Waals surface area contributed by atoms with E-state index in [9.17, 15) is 4.79 Å². The molecular formula is C7H9NO2S. The summed E-state index contributed by atoms with van der Waals surface area (Å²) in [5.74, 6) is -0.858. The Balaban J connectivity index is 2.90. The number of nitrogens with zero attached hydrogens (tertiary/aromatic N) is 1. The molecule has 0 bridgehead atoms. The Morgan fingerprint density at radius 3 is 2.45 bits per heavy atom. The Hall–Kier alpha value is -1.03. The first kappa shape index (κ1) is 8.07. The largest absolute Gasteiger partial charge is 0.477 e. The molecule has 0 atom stereocenters. The second-order valence-electron chi connectivity index (χ2n) is 2.34. The van der Waals surface area contributed by atoms with Gasteiger partial charge in [-0.05, 0) is 12.1 Å². The molecule has 1 N–H and O–H groups in total. The summed E-state index contributed by atoms with van der Waals surface area (Å²) >= 11 is 1.28. The Labute approximate surface area is 68.9 Å². The smallest absolute Gasteiger partial charge is 0.345 e. The lowest BCUT2D eigenvalue weighted by Crippen LogP contribution is -2.05. The Morgan fingerprint density at radius 2 is 2.18 bits per heavy atom. The number of rotatable bonds is 2. The van der Waals surface area contributed by atoms with Gasteiger partial charge >= 0.3 is 5.97 Å². The molecule has 11 heavy (non-hydrogen) atoms. The summed E-state index contributed by atoms with van der Waals surface area (Å²) in [4.78, 5) is 12.7. The zero-order chi connectivity index (χ0) is 8.43. The van der Waals surface area contributed by atoms with Gasteiger partial charge in [-0.1, -0.05) is 0 Å². The summed E-state index contributed by atoms with van der Waals surface area (Å²) in [6.07, 6.45) is 0. The van der Waals surface area contributed by atoms with Crippen LogP contribution in [0.25, 0.3) is 0 Å². The first-order valence-electron chi connectivity index (χ1n) is 3.11. The molecule has 0 aliphatic heterocycles. The lowest BCUT2D eigenvalue weighted by Gasteiger charge is -2.06. The molecule has 0 saturated heterocycles. The van der Waals surface area contributed by atoms with E-state index in [1.807, 2.05) is 19.0 Å². The molecular weight excluding hydrogens is 162 g/mol. The van der Waals surface area contributed by atoms with Gasteiger partial charge in [-0.25, -0.2) is 4.79 Å². The molecule has 0 saturated carbocycles. The van der Waals surface area contributed by atoms with Crippen LogP contribution in [0.3, 0.4) is 0 Å². The average Bonchev–Trinajstić information content (AvgIpc) is 2.33. The summed E-state index contributed by atoms with van der Waals surface area (Å²) in [6.45, 7) is 0. The Bertz CT molecular complexity index is 267. The van der Waals surface area contributed by atoms with Crippen molar-refractivity contribution in [3.63, 3.8) is 0 Å². The second-order valence-corrected chi connectivity index (χ2v) is 3.40. The third kappa shape index (κ3) is 1.71. The van der Waals surface area contributed by atoms with Gasteiger partial charge in [0, 0.05) is 14.1 Å². The third-order valence-electron chi connectivity index (χ3n) is 1.24. The Morgan fingerprint density at radius 1 is 1.55 bits per heavy atom. The summed E-state index contributed by atoms with van der Waals surface area (Å²) in [6, 6.07) is 3.41. The molecule has 0 unspecified atom stereocenters. The van der Waals surface area contributed by atoms with Crippen molar-refractivity contribution in [2.45, 2.75) is 0 Å². The van der Waals surface area contributed by atoms with E-state index in [2.05, 4.69) is 0 Å². The number of carboxylic acid groups (broad SMARTS) is 1. The second kappa shape index (κ2) is 2.92. The minimum atomic E-state index is -0.858. The maximum Gasteiger partial charge on any atom is 0.345 e. The number of thiophene rings is 1. The maximum absolute atomic E-state index is 10.4. The topological polar surface area (TPSA) is 40.5 Å². The van der Waals surface area contributed by atoms with Crippen molar-refractivity contribution >= 4 is 22.3 Å². The number of aromatic carboxylic acids is 1. The fraction of sp³-hybridized carbons (Fsp3) is 0.286. The quantitative estimate of drug-likeness (QED) is 0.733. The highest BCUT2D eigenvalue weighted by Crippen LogP contribution is 2.23. The van der Waals surface area contributed by atoms with Gasteiger partial charge in [-0.15, -0.1) is 11.3 Å². The molecule has 0 aromatic carbocycles. The summed E-state index contributed by atoms with van der Waals surface area (Å²) in [7, 11) is 3.77. The predicted molar refractivity (Wildman–Crippen MR) is 45.6 cm³/mol. The highest BCUT2D eigenvalue weighted by molar-refractivity contribution is 7.17. The van der Waals surface area contributed by atoms with E-state index < -0.39 is 5.97 Å². The number of hydrogen-bond acceptors (Lipinski definition) is 3. The molecule has 1 aromatic rings. The molecule has 4 heteroatoms. The van der Waals surface area contributed by atoms with E-state index in [0.29, 0.717) is 4.88 Å². The van der Waals surface area contributed by atoms with E-state index in [4.69, 9.17) is 5.11 Å². The highest BCUT2D eigenvalue weighted by atomic mass is 32.1. The highest BCUT2D eigenvalue weighted by Gasteiger charge is 2.06. The van der Waals surface area contributed by atoms with Gasteiger partial charge in [0.1, 0.15) is 4.88 Å². The fourth-order valence-electron chi connectivity index (χ4n) is 0.683. The minimum absolute atomic E-state index is 0.383. The van der Waals surface area contributed by atoms with Crippen LogP contribution in [0.5, 0.6) is 0 Å². The normalized spacial score (nSPS) is 9.64. The summed E-state index contributed by atoms with van der Waals surface area (Å²) < 4.78 is 0. The third-order valence-corrected chi connectivity index (χ3v) is 2.48. The number of anilines is 1. The molecule has 0 amide bonds. The molecule has 0 aliphatic rings. The van der Waals surface area contributed by atoms with Crippen LogP contribution in [0, 0.1) is 0 Å². The molecule has 1 rings (SSSR count). The number of carbonyl (C=O) groups is 1. The summed E-state index contributed by atoms with van der Waals surface area (Å²) in [5, 5.41) is 9.53. The van der Waals surface area contributed by atoms with E-state index >= 15 is 0 Å². The van der Waals surface area contributed by atoms with E-state index in [1.54, 1.807) is 12.1 Å². The van der Waals surface area contributed by atoms with Crippen LogP contribution < -0.4 is 4.90 Å². The van der Waals surface area contributed by atoms with E-state index in [1.165, 1.54) is 11.3 Å². The van der Waals surface area contributed by atoms with Crippen LogP contribution >= 0.6 is 11.3 Å². The lowest BCUT2D eigenvalue weighted by atomic mass is 10.5. The maximum atomic E-state index is 10.4. The van der Waals surface area contributed by atoms with Crippen molar-refractivity contribution in [2.24, 2.45) is 0 Å². The van der Waals surface area contributed by atoms with Crippen molar-refractivity contribution in [3.8, 4) is 0 Å². The fourth-order valence-corrected chi connectivity index (χ4v) is 1.45.